The van der Waals surface area contributed by atoms with Crippen molar-refractivity contribution in [2.24, 2.45) is 5.73 Å². The van der Waals surface area contributed by atoms with Crippen LogP contribution in [-0.4, -0.2) is 11.5 Å². The fourth-order valence-corrected chi connectivity index (χ4v) is 4.22. The molecule has 1 unspecified atom stereocenters. The molecule has 0 radical (unpaired) electrons. The van der Waals surface area contributed by atoms with Crippen LogP contribution in [0.2, 0.25) is 0 Å². The lowest BCUT2D eigenvalue weighted by molar-refractivity contribution is 0.495. The molecule has 0 spiro atoms. The molecular weight excluding hydrogens is 354 g/mol. The van der Waals surface area contributed by atoms with Crippen molar-refractivity contribution in [1.29, 1.82) is 0 Å². The van der Waals surface area contributed by atoms with Gasteiger partial charge in [0.25, 0.3) is 0 Å². The topological polar surface area (TPSA) is 57.5 Å². The van der Waals surface area contributed by atoms with Gasteiger partial charge in [0.15, 0.2) is 0 Å². The quantitative estimate of drug-likeness (QED) is 0.322. The zero-order valence-electron chi connectivity index (χ0n) is 18.5. The maximum Gasteiger partial charge on any atom is 0.0241 e. The van der Waals surface area contributed by atoms with E-state index in [9.17, 15) is 0 Å². The van der Waals surface area contributed by atoms with Gasteiger partial charge in [-0.3, -0.25) is 0 Å². The third-order valence-corrected chi connectivity index (χ3v) is 5.89. The van der Waals surface area contributed by atoms with Crippen molar-refractivity contribution in [1.82, 2.24) is 0 Å². The molecule has 2 aromatic carbocycles. The lowest BCUT2D eigenvalue weighted by atomic mass is 9.83. The minimum atomic E-state index is 0. The molecule has 0 aromatic heterocycles. The summed E-state index contributed by atoms with van der Waals surface area (Å²) >= 11 is 0. The average Bonchev–Trinajstić information content (AvgIpc) is 2.74. The molecule has 0 amide bonds. The largest absolute Gasteiger partial charge is 0.412 e. The van der Waals surface area contributed by atoms with Crippen LogP contribution >= 0.6 is 0 Å². The Kier molecular flexibility index (Phi) is 14.2. The molecule has 1 atom stereocenters. The molecule has 0 aliphatic heterocycles. The van der Waals surface area contributed by atoms with Crippen LogP contribution in [0.1, 0.15) is 101 Å². The molecule has 0 saturated heterocycles. The summed E-state index contributed by atoms with van der Waals surface area (Å²) in [5.41, 5.74) is 9.38. The van der Waals surface area contributed by atoms with Gasteiger partial charge in [-0.25, -0.2) is 0 Å². The van der Waals surface area contributed by atoms with Crippen LogP contribution in [0.15, 0.2) is 60.7 Å². The van der Waals surface area contributed by atoms with Crippen LogP contribution in [0.5, 0.6) is 0 Å². The molecule has 0 fully saturated rings. The van der Waals surface area contributed by atoms with Crippen molar-refractivity contribution in [3.8, 4) is 0 Å². The molecule has 162 valence electrons. The van der Waals surface area contributed by atoms with Gasteiger partial charge in [0.2, 0.25) is 0 Å². The second-order valence-electron chi connectivity index (χ2n) is 8.29. The standard InChI is InChI=1S/C27H41N.H2O/c1-2-3-4-5-6-7-8-9-10-11-18-23-26(28)27(24-19-14-12-15-20-24)25-21-16-13-17-22-25;/h12-17,19-22,26-27H,2-11,18,23,28H2,1H3;1H2. The normalized spacial score (nSPS) is 12.0. The van der Waals surface area contributed by atoms with Crippen molar-refractivity contribution >= 4 is 0 Å². The molecular formula is C27H43NO. The second kappa shape index (κ2) is 16.2. The zero-order chi connectivity index (χ0) is 19.9. The van der Waals surface area contributed by atoms with Crippen LogP contribution < -0.4 is 5.73 Å². The van der Waals surface area contributed by atoms with Crippen molar-refractivity contribution < 1.29 is 5.48 Å². The van der Waals surface area contributed by atoms with Crippen molar-refractivity contribution in [2.75, 3.05) is 0 Å². The molecule has 2 nitrogen and oxygen atoms in total. The van der Waals surface area contributed by atoms with Gasteiger partial charge in [-0.1, -0.05) is 138 Å². The Bertz CT molecular complexity index is 559. The number of hydrogen-bond acceptors (Lipinski definition) is 1. The highest BCUT2D eigenvalue weighted by atomic mass is 16.0. The van der Waals surface area contributed by atoms with Crippen molar-refractivity contribution in [3.63, 3.8) is 0 Å². The number of rotatable bonds is 15. The van der Waals surface area contributed by atoms with Crippen LogP contribution in [-0.2, 0) is 0 Å². The summed E-state index contributed by atoms with van der Waals surface area (Å²) < 4.78 is 0. The van der Waals surface area contributed by atoms with E-state index in [-0.39, 0.29) is 11.5 Å². The first-order valence-electron chi connectivity index (χ1n) is 11.7. The van der Waals surface area contributed by atoms with Crippen LogP contribution in [0, 0.1) is 0 Å². The summed E-state index contributed by atoms with van der Waals surface area (Å²) in [5, 5.41) is 0. The van der Waals surface area contributed by atoms with Gasteiger partial charge in [-0.05, 0) is 17.5 Å². The Hall–Kier alpha value is -1.64. The van der Waals surface area contributed by atoms with Gasteiger partial charge in [0.05, 0.1) is 0 Å². The Morgan fingerprint density at radius 2 is 0.966 bits per heavy atom. The van der Waals surface area contributed by atoms with E-state index in [2.05, 4.69) is 67.6 Å². The van der Waals surface area contributed by atoms with E-state index in [4.69, 9.17) is 5.73 Å². The van der Waals surface area contributed by atoms with E-state index in [0.29, 0.717) is 5.92 Å². The molecule has 0 heterocycles. The first kappa shape index (κ1) is 25.4. The first-order chi connectivity index (χ1) is 13.8. The van der Waals surface area contributed by atoms with Crippen LogP contribution in [0.25, 0.3) is 0 Å². The van der Waals surface area contributed by atoms with Gasteiger partial charge in [0.1, 0.15) is 0 Å². The monoisotopic (exact) mass is 397 g/mol. The first-order valence-corrected chi connectivity index (χ1v) is 11.7. The summed E-state index contributed by atoms with van der Waals surface area (Å²) in [6.45, 7) is 2.29. The Morgan fingerprint density at radius 1 is 0.586 bits per heavy atom. The fourth-order valence-electron chi connectivity index (χ4n) is 4.22. The van der Waals surface area contributed by atoms with E-state index in [1.54, 1.807) is 0 Å². The molecule has 2 aromatic rings. The smallest absolute Gasteiger partial charge is 0.0241 e. The van der Waals surface area contributed by atoms with Gasteiger partial charge in [0, 0.05) is 12.0 Å². The average molecular weight is 398 g/mol. The lowest BCUT2D eigenvalue weighted by Gasteiger charge is -2.25. The summed E-state index contributed by atoms with van der Waals surface area (Å²) in [6.07, 6.45) is 16.3. The van der Waals surface area contributed by atoms with E-state index in [0.717, 1.165) is 6.42 Å². The summed E-state index contributed by atoms with van der Waals surface area (Å²) in [5.74, 6) is 0.297. The summed E-state index contributed by atoms with van der Waals surface area (Å²) in [4.78, 5) is 0. The highest BCUT2D eigenvalue weighted by Gasteiger charge is 2.21. The van der Waals surface area contributed by atoms with Crippen LogP contribution in [0.4, 0.5) is 0 Å². The predicted octanol–water partition coefficient (Wildman–Crippen LogP) is 7.02. The third kappa shape index (κ3) is 10.1. The second-order valence-corrected chi connectivity index (χ2v) is 8.29. The Morgan fingerprint density at radius 3 is 1.38 bits per heavy atom. The number of unbranched alkanes of at least 4 members (excludes halogenated alkanes) is 10. The van der Waals surface area contributed by atoms with E-state index >= 15 is 0 Å². The molecule has 0 aliphatic rings. The van der Waals surface area contributed by atoms with E-state index in [1.807, 2.05) is 0 Å². The maximum absolute atomic E-state index is 6.70. The molecule has 29 heavy (non-hydrogen) atoms. The number of benzene rings is 2. The summed E-state index contributed by atoms with van der Waals surface area (Å²) in [6, 6.07) is 21.7. The number of nitrogens with two attached hydrogens (primary N) is 1. The third-order valence-electron chi connectivity index (χ3n) is 5.89. The van der Waals surface area contributed by atoms with Gasteiger partial charge < -0.3 is 11.2 Å². The van der Waals surface area contributed by atoms with Crippen molar-refractivity contribution in [2.45, 2.75) is 95.9 Å². The van der Waals surface area contributed by atoms with Crippen LogP contribution in [0.3, 0.4) is 0 Å². The minimum absolute atomic E-state index is 0. The fraction of sp³-hybridized carbons (Fsp3) is 0.556. The Labute approximate surface area is 179 Å². The minimum Gasteiger partial charge on any atom is -0.412 e. The van der Waals surface area contributed by atoms with Gasteiger partial charge >= 0.3 is 0 Å². The zero-order valence-corrected chi connectivity index (χ0v) is 18.5. The predicted molar refractivity (Wildman–Crippen MR) is 127 cm³/mol. The molecule has 2 rings (SSSR count). The van der Waals surface area contributed by atoms with Gasteiger partial charge in [-0.15, -0.1) is 0 Å². The highest BCUT2D eigenvalue weighted by Crippen LogP contribution is 2.29. The van der Waals surface area contributed by atoms with Gasteiger partial charge in [-0.2, -0.15) is 0 Å². The van der Waals surface area contributed by atoms with E-state index in [1.165, 1.54) is 81.8 Å². The SMILES string of the molecule is CCCCCCCCCCCCCC(N)C(c1ccccc1)c1ccccc1.O. The maximum atomic E-state index is 6.70. The molecule has 0 bridgehead atoms. The van der Waals surface area contributed by atoms with Crippen molar-refractivity contribution in [3.05, 3.63) is 71.8 Å². The summed E-state index contributed by atoms with van der Waals surface area (Å²) in [7, 11) is 0. The highest BCUT2D eigenvalue weighted by molar-refractivity contribution is 5.34. The van der Waals surface area contributed by atoms with E-state index < -0.39 is 0 Å². The number of hydrogen-bond donors (Lipinski definition) is 1. The molecule has 4 N–H and O–H groups in total. The lowest BCUT2D eigenvalue weighted by Crippen LogP contribution is -2.29. The molecule has 2 heteroatoms. The Balaban J connectivity index is 0.00000420. The molecule has 0 saturated carbocycles. The molecule has 0 aliphatic carbocycles.